The number of halogens is 3. The van der Waals surface area contributed by atoms with E-state index in [0.717, 1.165) is 38.3 Å². The van der Waals surface area contributed by atoms with Gasteiger partial charge in [0.25, 0.3) is 5.91 Å². The Labute approximate surface area is 177 Å². The Morgan fingerprint density at radius 2 is 1.61 bits per heavy atom. The van der Waals surface area contributed by atoms with Crippen molar-refractivity contribution < 1.29 is 18.0 Å². The fourth-order valence-corrected chi connectivity index (χ4v) is 3.38. The molecular formula is C22H20F3N5O. The molecule has 31 heavy (non-hydrogen) atoms. The molecule has 0 atom stereocenters. The van der Waals surface area contributed by atoms with E-state index in [0.29, 0.717) is 28.3 Å². The van der Waals surface area contributed by atoms with Gasteiger partial charge in [-0.15, -0.1) is 0 Å². The van der Waals surface area contributed by atoms with Crippen LogP contribution in [0.4, 0.5) is 24.8 Å². The lowest BCUT2D eigenvalue weighted by molar-refractivity contribution is -0.137. The SMILES string of the molecule is O=C(Nc1cnc(N2CCNCC2)nc1)c1ccccc1-c1ccc(C(F)(F)F)cc1. The third-order valence-corrected chi connectivity index (χ3v) is 4.99. The van der Waals surface area contributed by atoms with Crippen molar-refractivity contribution in [3.8, 4) is 11.1 Å². The summed E-state index contributed by atoms with van der Waals surface area (Å²) in [6, 6.07) is 11.5. The summed E-state index contributed by atoms with van der Waals surface area (Å²) in [4.78, 5) is 23.6. The summed E-state index contributed by atoms with van der Waals surface area (Å²) in [5.74, 6) is 0.207. The zero-order valence-electron chi connectivity index (χ0n) is 16.5. The summed E-state index contributed by atoms with van der Waals surface area (Å²) in [7, 11) is 0. The van der Waals surface area contributed by atoms with Gasteiger partial charge in [-0.05, 0) is 29.3 Å². The Bertz CT molecular complexity index is 1050. The first-order valence-corrected chi connectivity index (χ1v) is 9.77. The number of nitrogens with zero attached hydrogens (tertiary/aromatic N) is 3. The molecule has 0 saturated carbocycles. The molecule has 6 nitrogen and oxygen atoms in total. The maximum atomic E-state index is 12.9. The van der Waals surface area contributed by atoms with Gasteiger partial charge in [-0.2, -0.15) is 13.2 Å². The van der Waals surface area contributed by atoms with Crippen LogP contribution in [-0.4, -0.2) is 42.1 Å². The normalized spacial score (nSPS) is 14.4. The second-order valence-electron chi connectivity index (χ2n) is 7.08. The highest BCUT2D eigenvalue weighted by atomic mass is 19.4. The van der Waals surface area contributed by atoms with E-state index < -0.39 is 17.6 Å². The highest BCUT2D eigenvalue weighted by molar-refractivity contribution is 6.08. The lowest BCUT2D eigenvalue weighted by Crippen LogP contribution is -2.44. The number of piperazine rings is 1. The van der Waals surface area contributed by atoms with Crippen LogP contribution in [0.25, 0.3) is 11.1 Å². The van der Waals surface area contributed by atoms with Crippen molar-refractivity contribution in [1.82, 2.24) is 15.3 Å². The van der Waals surface area contributed by atoms with Gasteiger partial charge in [-0.3, -0.25) is 4.79 Å². The van der Waals surface area contributed by atoms with Crippen LogP contribution in [-0.2, 0) is 6.18 Å². The second-order valence-corrected chi connectivity index (χ2v) is 7.08. The van der Waals surface area contributed by atoms with Gasteiger partial charge in [-0.25, -0.2) is 9.97 Å². The van der Waals surface area contributed by atoms with E-state index in [1.54, 1.807) is 36.7 Å². The van der Waals surface area contributed by atoms with Crippen molar-refractivity contribution >= 4 is 17.5 Å². The van der Waals surface area contributed by atoms with Crippen molar-refractivity contribution in [2.24, 2.45) is 0 Å². The number of hydrogen-bond acceptors (Lipinski definition) is 5. The van der Waals surface area contributed by atoms with Crippen molar-refractivity contribution in [1.29, 1.82) is 0 Å². The van der Waals surface area contributed by atoms with Crippen LogP contribution in [0.5, 0.6) is 0 Å². The number of hydrogen-bond donors (Lipinski definition) is 2. The van der Waals surface area contributed by atoms with Gasteiger partial charge in [0.15, 0.2) is 0 Å². The molecule has 0 spiro atoms. The number of benzene rings is 2. The number of anilines is 2. The quantitative estimate of drug-likeness (QED) is 0.663. The average molecular weight is 427 g/mol. The molecule has 4 rings (SSSR count). The van der Waals surface area contributed by atoms with Gasteiger partial charge in [0, 0.05) is 31.7 Å². The molecule has 1 aromatic heterocycles. The Kier molecular flexibility index (Phi) is 5.85. The molecule has 1 saturated heterocycles. The smallest absolute Gasteiger partial charge is 0.338 e. The van der Waals surface area contributed by atoms with E-state index in [4.69, 9.17) is 0 Å². The van der Waals surface area contributed by atoms with Crippen molar-refractivity contribution in [3.63, 3.8) is 0 Å². The highest BCUT2D eigenvalue weighted by Gasteiger charge is 2.30. The fraction of sp³-hybridized carbons (Fsp3) is 0.227. The summed E-state index contributed by atoms with van der Waals surface area (Å²) in [6.45, 7) is 3.35. The highest BCUT2D eigenvalue weighted by Crippen LogP contribution is 2.32. The Hall–Kier alpha value is -3.46. The molecular weight excluding hydrogens is 407 g/mol. The predicted molar refractivity (Wildman–Crippen MR) is 112 cm³/mol. The van der Waals surface area contributed by atoms with Crippen LogP contribution in [0.1, 0.15) is 15.9 Å². The summed E-state index contributed by atoms with van der Waals surface area (Å²) < 4.78 is 38.5. The van der Waals surface area contributed by atoms with Gasteiger partial charge in [0.05, 0.1) is 23.6 Å². The number of rotatable bonds is 4. The molecule has 0 unspecified atom stereocenters. The molecule has 0 aliphatic carbocycles. The molecule has 2 heterocycles. The fourth-order valence-electron chi connectivity index (χ4n) is 3.38. The van der Waals surface area contributed by atoms with Gasteiger partial charge in [-0.1, -0.05) is 30.3 Å². The van der Waals surface area contributed by atoms with Crippen LogP contribution in [0.3, 0.4) is 0 Å². The van der Waals surface area contributed by atoms with E-state index in [1.807, 2.05) is 0 Å². The zero-order chi connectivity index (χ0) is 21.8. The number of aromatic nitrogens is 2. The van der Waals surface area contributed by atoms with Crippen LogP contribution >= 0.6 is 0 Å². The van der Waals surface area contributed by atoms with E-state index >= 15 is 0 Å². The minimum atomic E-state index is -4.41. The minimum absolute atomic E-state index is 0.341. The first-order chi connectivity index (χ1) is 14.9. The molecule has 160 valence electrons. The minimum Gasteiger partial charge on any atom is -0.338 e. The molecule has 1 aliphatic rings. The van der Waals surface area contributed by atoms with E-state index in [1.165, 1.54) is 12.1 Å². The van der Waals surface area contributed by atoms with Crippen molar-refractivity contribution in [3.05, 3.63) is 72.1 Å². The van der Waals surface area contributed by atoms with Gasteiger partial charge >= 0.3 is 6.18 Å². The van der Waals surface area contributed by atoms with E-state index in [2.05, 4.69) is 25.5 Å². The average Bonchev–Trinajstić information content (AvgIpc) is 2.80. The zero-order valence-corrected chi connectivity index (χ0v) is 16.5. The maximum absolute atomic E-state index is 12.9. The molecule has 1 aliphatic heterocycles. The van der Waals surface area contributed by atoms with Crippen molar-refractivity contribution in [2.45, 2.75) is 6.18 Å². The lowest BCUT2D eigenvalue weighted by Gasteiger charge is -2.27. The summed E-state index contributed by atoms with van der Waals surface area (Å²) in [5, 5.41) is 6.02. The predicted octanol–water partition coefficient (Wildman–Crippen LogP) is 3.82. The molecule has 2 N–H and O–H groups in total. The monoisotopic (exact) mass is 427 g/mol. The van der Waals surface area contributed by atoms with Crippen LogP contribution in [0, 0.1) is 0 Å². The van der Waals surface area contributed by atoms with E-state index in [9.17, 15) is 18.0 Å². The third kappa shape index (κ3) is 4.83. The lowest BCUT2D eigenvalue weighted by atomic mass is 9.98. The second kappa shape index (κ2) is 8.73. The van der Waals surface area contributed by atoms with Crippen molar-refractivity contribution in [2.75, 3.05) is 36.4 Å². The van der Waals surface area contributed by atoms with Gasteiger partial charge in [0.1, 0.15) is 0 Å². The number of nitrogens with one attached hydrogen (secondary N) is 2. The first-order valence-electron chi connectivity index (χ1n) is 9.77. The van der Waals surface area contributed by atoms with Crippen LogP contribution in [0.2, 0.25) is 0 Å². The molecule has 1 fully saturated rings. The Morgan fingerprint density at radius 3 is 2.26 bits per heavy atom. The standard InChI is InChI=1S/C22H20F3N5O/c23-22(24,25)16-7-5-15(6-8-16)18-3-1-2-4-19(18)20(31)29-17-13-27-21(28-14-17)30-11-9-26-10-12-30/h1-8,13-14,26H,9-12H2,(H,29,31). The third-order valence-electron chi connectivity index (χ3n) is 4.99. The number of carbonyl (C=O) groups is 1. The maximum Gasteiger partial charge on any atom is 0.416 e. The molecule has 9 heteroatoms. The number of amides is 1. The first kappa shape index (κ1) is 20.8. The molecule has 3 aromatic rings. The number of carbonyl (C=O) groups excluding carboxylic acids is 1. The Morgan fingerprint density at radius 1 is 0.968 bits per heavy atom. The van der Waals surface area contributed by atoms with E-state index in [-0.39, 0.29) is 0 Å². The summed E-state index contributed by atoms with van der Waals surface area (Å²) >= 11 is 0. The molecule has 0 bridgehead atoms. The molecule has 0 radical (unpaired) electrons. The summed E-state index contributed by atoms with van der Waals surface area (Å²) in [5.41, 5.74) is 1.09. The van der Waals surface area contributed by atoms with Gasteiger partial charge in [0.2, 0.25) is 5.95 Å². The molecule has 2 aromatic carbocycles. The van der Waals surface area contributed by atoms with Crippen LogP contribution in [0.15, 0.2) is 60.9 Å². The summed E-state index contributed by atoms with van der Waals surface area (Å²) in [6.07, 6.45) is -1.32. The largest absolute Gasteiger partial charge is 0.416 e. The Balaban J connectivity index is 1.52. The molecule has 1 amide bonds. The van der Waals surface area contributed by atoms with Gasteiger partial charge < -0.3 is 15.5 Å². The van der Waals surface area contributed by atoms with Crippen LogP contribution < -0.4 is 15.5 Å². The topological polar surface area (TPSA) is 70.2 Å². The number of alkyl halides is 3.